The van der Waals surface area contributed by atoms with Crippen LogP contribution in [0, 0.1) is 6.92 Å². The Bertz CT molecular complexity index is 534. The van der Waals surface area contributed by atoms with Crippen molar-refractivity contribution in [1.82, 2.24) is 14.8 Å². The molecule has 2 aromatic heterocycles. The third kappa shape index (κ3) is 2.68. The Balaban J connectivity index is 2.24. The van der Waals surface area contributed by atoms with Gasteiger partial charge in [-0.25, -0.2) is 0 Å². The van der Waals surface area contributed by atoms with Crippen LogP contribution in [0.4, 0.5) is 0 Å². The number of hydrogen-bond acceptors (Lipinski definition) is 4. The van der Waals surface area contributed by atoms with E-state index in [-0.39, 0.29) is 0 Å². The molecule has 0 saturated carbocycles. The number of hydrogen-bond donors (Lipinski definition) is 1. The van der Waals surface area contributed by atoms with Crippen molar-refractivity contribution in [2.24, 2.45) is 5.73 Å². The van der Waals surface area contributed by atoms with Crippen LogP contribution in [0.3, 0.4) is 0 Å². The Morgan fingerprint density at radius 2 is 2.17 bits per heavy atom. The van der Waals surface area contributed by atoms with Gasteiger partial charge >= 0.3 is 0 Å². The largest absolute Gasteiger partial charge is 0.454 e. The normalized spacial score (nSPS) is 10.9. The van der Waals surface area contributed by atoms with Gasteiger partial charge in [-0.05, 0) is 20.8 Å². The zero-order valence-electron chi connectivity index (χ0n) is 10.9. The van der Waals surface area contributed by atoms with E-state index in [4.69, 9.17) is 10.5 Å². The fourth-order valence-electron chi connectivity index (χ4n) is 1.59. The van der Waals surface area contributed by atoms with Gasteiger partial charge in [0.25, 0.3) is 0 Å². The maximum absolute atomic E-state index is 5.81. The molecule has 0 atom stereocenters. The summed E-state index contributed by atoms with van der Waals surface area (Å²) in [5.41, 5.74) is 7.46. The SMILES string of the molecule is Cc1cc(Oc2cnn(C(C)C)c2)c(CN)cn1. The summed E-state index contributed by atoms with van der Waals surface area (Å²) in [5, 5.41) is 4.23. The summed E-state index contributed by atoms with van der Waals surface area (Å²) in [5.74, 6) is 1.46. The van der Waals surface area contributed by atoms with E-state index in [0.717, 1.165) is 17.0 Å². The topological polar surface area (TPSA) is 66.0 Å². The van der Waals surface area contributed by atoms with E-state index in [9.17, 15) is 0 Å². The molecule has 0 aliphatic rings. The number of aromatic nitrogens is 3. The van der Waals surface area contributed by atoms with Crippen LogP contribution >= 0.6 is 0 Å². The van der Waals surface area contributed by atoms with E-state index < -0.39 is 0 Å². The first-order valence-electron chi connectivity index (χ1n) is 5.97. The van der Waals surface area contributed by atoms with Gasteiger partial charge in [0.2, 0.25) is 0 Å². The van der Waals surface area contributed by atoms with Crippen molar-refractivity contribution in [1.29, 1.82) is 0 Å². The van der Waals surface area contributed by atoms with Gasteiger partial charge < -0.3 is 10.5 Å². The van der Waals surface area contributed by atoms with Gasteiger partial charge in [0.1, 0.15) is 5.75 Å². The first-order valence-corrected chi connectivity index (χ1v) is 5.97. The minimum atomic E-state index is 0.315. The Labute approximate surface area is 107 Å². The third-order valence-electron chi connectivity index (χ3n) is 2.64. The predicted molar refractivity (Wildman–Crippen MR) is 69.6 cm³/mol. The highest BCUT2D eigenvalue weighted by molar-refractivity contribution is 5.36. The zero-order chi connectivity index (χ0) is 13.1. The summed E-state index contributed by atoms with van der Waals surface area (Å²) in [7, 11) is 0. The molecule has 0 aliphatic carbocycles. The maximum Gasteiger partial charge on any atom is 0.165 e. The van der Waals surface area contributed by atoms with Gasteiger partial charge in [0.15, 0.2) is 5.75 Å². The second-order valence-corrected chi connectivity index (χ2v) is 4.49. The van der Waals surface area contributed by atoms with Crippen LogP contribution in [-0.4, -0.2) is 14.8 Å². The van der Waals surface area contributed by atoms with Gasteiger partial charge in [-0.15, -0.1) is 0 Å². The van der Waals surface area contributed by atoms with Crippen LogP contribution in [0.15, 0.2) is 24.7 Å². The van der Waals surface area contributed by atoms with Crippen LogP contribution in [0.1, 0.15) is 31.1 Å². The molecule has 0 unspecified atom stereocenters. The number of rotatable bonds is 4. The fourth-order valence-corrected chi connectivity index (χ4v) is 1.59. The average molecular weight is 246 g/mol. The second-order valence-electron chi connectivity index (χ2n) is 4.49. The van der Waals surface area contributed by atoms with Crippen LogP contribution in [0.25, 0.3) is 0 Å². The van der Waals surface area contributed by atoms with Crippen LogP contribution < -0.4 is 10.5 Å². The average Bonchev–Trinajstić information content (AvgIpc) is 2.78. The minimum Gasteiger partial charge on any atom is -0.454 e. The summed E-state index contributed by atoms with van der Waals surface area (Å²) in [6.07, 6.45) is 5.33. The molecule has 0 saturated heterocycles. The lowest BCUT2D eigenvalue weighted by atomic mass is 10.2. The quantitative estimate of drug-likeness (QED) is 0.899. The summed E-state index contributed by atoms with van der Waals surface area (Å²) in [4.78, 5) is 4.20. The molecule has 0 spiro atoms. The van der Waals surface area contributed by atoms with E-state index in [1.54, 1.807) is 12.4 Å². The monoisotopic (exact) mass is 246 g/mol. The smallest absolute Gasteiger partial charge is 0.165 e. The molecule has 0 aliphatic heterocycles. The van der Waals surface area contributed by atoms with Crippen molar-refractivity contribution in [3.05, 3.63) is 35.9 Å². The molecule has 96 valence electrons. The summed E-state index contributed by atoms with van der Waals surface area (Å²) in [6, 6.07) is 2.20. The summed E-state index contributed by atoms with van der Waals surface area (Å²) in [6.45, 7) is 6.46. The third-order valence-corrected chi connectivity index (χ3v) is 2.64. The van der Waals surface area contributed by atoms with Gasteiger partial charge in [0, 0.05) is 36.1 Å². The molecule has 0 bridgehead atoms. The Morgan fingerprint density at radius 1 is 1.39 bits per heavy atom. The molecule has 5 nitrogen and oxygen atoms in total. The number of pyridine rings is 1. The molecule has 0 radical (unpaired) electrons. The highest BCUT2D eigenvalue weighted by Crippen LogP contribution is 2.25. The summed E-state index contributed by atoms with van der Waals surface area (Å²) >= 11 is 0. The number of ether oxygens (including phenoxy) is 1. The zero-order valence-corrected chi connectivity index (χ0v) is 10.9. The highest BCUT2D eigenvalue weighted by Gasteiger charge is 2.08. The Kier molecular flexibility index (Phi) is 3.62. The van der Waals surface area contributed by atoms with Crippen molar-refractivity contribution >= 4 is 0 Å². The van der Waals surface area contributed by atoms with Gasteiger partial charge in [-0.3, -0.25) is 9.67 Å². The van der Waals surface area contributed by atoms with Crippen molar-refractivity contribution in [3.63, 3.8) is 0 Å². The predicted octanol–water partition coefficient (Wildman–Crippen LogP) is 2.42. The fraction of sp³-hybridized carbons (Fsp3) is 0.385. The van der Waals surface area contributed by atoms with Crippen molar-refractivity contribution in [3.8, 4) is 11.5 Å². The van der Waals surface area contributed by atoms with E-state index in [0.29, 0.717) is 18.3 Å². The second kappa shape index (κ2) is 5.18. The highest BCUT2D eigenvalue weighted by atomic mass is 16.5. The Morgan fingerprint density at radius 3 is 2.78 bits per heavy atom. The maximum atomic E-state index is 5.81. The van der Waals surface area contributed by atoms with E-state index in [1.165, 1.54) is 0 Å². The molecule has 0 aromatic carbocycles. The lowest BCUT2D eigenvalue weighted by Crippen LogP contribution is -2.01. The lowest BCUT2D eigenvalue weighted by molar-refractivity contribution is 0.470. The van der Waals surface area contributed by atoms with Crippen molar-refractivity contribution in [2.75, 3.05) is 0 Å². The van der Waals surface area contributed by atoms with Crippen molar-refractivity contribution in [2.45, 2.75) is 33.4 Å². The Hall–Kier alpha value is -1.88. The van der Waals surface area contributed by atoms with E-state index >= 15 is 0 Å². The molecule has 0 fully saturated rings. The molecule has 0 amide bonds. The lowest BCUT2D eigenvalue weighted by Gasteiger charge is -2.08. The van der Waals surface area contributed by atoms with Gasteiger partial charge in [-0.2, -0.15) is 5.10 Å². The number of nitrogens with two attached hydrogens (primary N) is 1. The van der Waals surface area contributed by atoms with Crippen LogP contribution in [-0.2, 0) is 6.54 Å². The van der Waals surface area contributed by atoms with Gasteiger partial charge in [0.05, 0.1) is 12.4 Å². The first kappa shape index (κ1) is 12.6. The van der Waals surface area contributed by atoms with Gasteiger partial charge in [-0.1, -0.05) is 0 Å². The molecule has 2 aromatic rings. The molecule has 2 N–H and O–H groups in total. The molecule has 2 rings (SSSR count). The van der Waals surface area contributed by atoms with E-state index in [2.05, 4.69) is 23.9 Å². The number of aryl methyl sites for hydroxylation is 1. The molecule has 18 heavy (non-hydrogen) atoms. The molecular weight excluding hydrogens is 228 g/mol. The molecule has 5 heteroatoms. The first-order chi connectivity index (χ1) is 8.60. The van der Waals surface area contributed by atoms with Crippen molar-refractivity contribution < 1.29 is 4.74 Å². The minimum absolute atomic E-state index is 0.315. The van der Waals surface area contributed by atoms with Crippen LogP contribution in [0.2, 0.25) is 0 Å². The number of nitrogens with zero attached hydrogens (tertiary/aromatic N) is 3. The molecular formula is C13H18N4O. The summed E-state index contributed by atoms with van der Waals surface area (Å²) < 4.78 is 7.66. The van der Waals surface area contributed by atoms with E-state index in [1.807, 2.05) is 23.9 Å². The van der Waals surface area contributed by atoms with Crippen LogP contribution in [0.5, 0.6) is 11.5 Å². The molecule has 2 heterocycles. The standard InChI is InChI=1S/C13H18N4O/c1-9(2)17-8-12(7-16-17)18-13-4-10(3)15-6-11(13)5-14/h4,6-9H,5,14H2,1-3H3.